The third kappa shape index (κ3) is 3.51. The fourth-order valence-electron chi connectivity index (χ4n) is 4.47. The zero-order valence-corrected chi connectivity index (χ0v) is 18.2. The second-order valence-corrected chi connectivity index (χ2v) is 8.55. The van der Waals surface area contributed by atoms with Gasteiger partial charge in [-0.1, -0.05) is 35.5 Å². The van der Waals surface area contributed by atoms with Gasteiger partial charge in [-0.2, -0.15) is 14.6 Å². The van der Waals surface area contributed by atoms with E-state index >= 15 is 0 Å². The van der Waals surface area contributed by atoms with Crippen LogP contribution in [0.15, 0.2) is 42.9 Å². The van der Waals surface area contributed by atoms with Crippen molar-refractivity contribution in [2.75, 3.05) is 24.6 Å². The van der Waals surface area contributed by atoms with Crippen LogP contribution in [0.25, 0.3) is 28.4 Å². The number of benzene rings is 1. The molecular weight excluding hydrogens is 440 g/mol. The minimum Gasteiger partial charge on any atom is -0.388 e. The quantitative estimate of drug-likeness (QED) is 0.385. The molecule has 0 unspecified atom stereocenters. The number of nitrogens with zero attached hydrogens (tertiary/aromatic N) is 8. The molecule has 0 bridgehead atoms. The van der Waals surface area contributed by atoms with E-state index in [0.29, 0.717) is 28.6 Å². The second kappa shape index (κ2) is 8.40. The molecule has 1 aromatic carbocycles. The summed E-state index contributed by atoms with van der Waals surface area (Å²) < 4.78 is 8.73. The Labute approximate surface area is 194 Å². The van der Waals surface area contributed by atoms with Crippen LogP contribution in [0, 0.1) is 0 Å². The van der Waals surface area contributed by atoms with E-state index in [0.717, 1.165) is 31.5 Å². The predicted molar refractivity (Wildman–Crippen MR) is 120 cm³/mol. The first-order valence-electron chi connectivity index (χ1n) is 11.2. The molecular formula is C22H24N8O4. The maximum atomic E-state index is 10.6. The van der Waals surface area contributed by atoms with Crippen LogP contribution in [-0.4, -0.2) is 87.8 Å². The maximum Gasteiger partial charge on any atom is 0.256 e. The van der Waals surface area contributed by atoms with Crippen LogP contribution < -0.4 is 4.90 Å². The Hall–Kier alpha value is -3.45. The molecule has 0 amide bonds. The SMILES string of the molecule is O[C@H]1[C@H](O)[C@@H](n2cnc3c(N4CCCC4)nc(-n4cc(-c5ccccc5)nn4)nc32)OC[C@H]1O. The highest BCUT2D eigenvalue weighted by atomic mass is 16.5. The van der Waals surface area contributed by atoms with Crippen LogP contribution in [0.4, 0.5) is 5.82 Å². The Bertz CT molecular complexity index is 1300. The molecule has 2 aliphatic rings. The number of hydrogen-bond donors (Lipinski definition) is 3. The molecule has 3 N–H and O–H groups in total. The summed E-state index contributed by atoms with van der Waals surface area (Å²) in [6.45, 7) is 1.57. The topological polar surface area (TPSA) is 147 Å². The van der Waals surface area contributed by atoms with Gasteiger partial charge in [0.15, 0.2) is 23.2 Å². The van der Waals surface area contributed by atoms with Crippen molar-refractivity contribution in [3.05, 3.63) is 42.9 Å². The molecule has 34 heavy (non-hydrogen) atoms. The summed E-state index contributed by atoms with van der Waals surface area (Å²) in [5.74, 6) is 0.968. The van der Waals surface area contributed by atoms with Gasteiger partial charge in [0, 0.05) is 18.7 Å². The van der Waals surface area contributed by atoms with E-state index in [2.05, 4.69) is 25.2 Å². The van der Waals surface area contributed by atoms with E-state index in [9.17, 15) is 15.3 Å². The van der Waals surface area contributed by atoms with Gasteiger partial charge in [0.1, 0.15) is 24.0 Å². The molecule has 5 heterocycles. The zero-order valence-electron chi connectivity index (χ0n) is 18.2. The van der Waals surface area contributed by atoms with Crippen molar-refractivity contribution in [2.24, 2.45) is 0 Å². The molecule has 3 aromatic heterocycles. The first kappa shape index (κ1) is 21.1. The molecule has 0 radical (unpaired) electrons. The predicted octanol–water partition coefficient (Wildman–Crippen LogP) is 0.286. The van der Waals surface area contributed by atoms with Crippen LogP contribution in [0.2, 0.25) is 0 Å². The first-order chi connectivity index (χ1) is 16.6. The van der Waals surface area contributed by atoms with E-state index in [4.69, 9.17) is 9.72 Å². The Morgan fingerprint density at radius 3 is 2.56 bits per heavy atom. The molecule has 12 heteroatoms. The van der Waals surface area contributed by atoms with Crippen molar-refractivity contribution >= 4 is 17.0 Å². The number of hydrogen-bond acceptors (Lipinski definition) is 10. The summed E-state index contributed by atoms with van der Waals surface area (Å²) >= 11 is 0. The highest BCUT2D eigenvalue weighted by Gasteiger charge is 2.39. The van der Waals surface area contributed by atoms with E-state index in [-0.39, 0.29) is 6.61 Å². The Morgan fingerprint density at radius 1 is 0.971 bits per heavy atom. The number of imidazole rings is 1. The van der Waals surface area contributed by atoms with E-state index in [1.54, 1.807) is 10.8 Å². The first-order valence-corrected chi connectivity index (χ1v) is 11.2. The number of aliphatic hydroxyl groups is 3. The third-order valence-electron chi connectivity index (χ3n) is 6.31. The van der Waals surface area contributed by atoms with Crippen molar-refractivity contribution in [1.82, 2.24) is 34.5 Å². The van der Waals surface area contributed by atoms with E-state index in [1.807, 2.05) is 30.3 Å². The number of ether oxygens (including phenoxy) is 1. The van der Waals surface area contributed by atoms with Crippen molar-refractivity contribution in [2.45, 2.75) is 37.4 Å². The fourth-order valence-corrected chi connectivity index (χ4v) is 4.47. The molecule has 0 aliphatic carbocycles. The van der Waals surface area contributed by atoms with Gasteiger partial charge in [0.2, 0.25) is 0 Å². The molecule has 12 nitrogen and oxygen atoms in total. The van der Waals surface area contributed by atoms with Gasteiger partial charge in [0.25, 0.3) is 5.95 Å². The molecule has 4 atom stereocenters. The molecule has 6 rings (SSSR count). The van der Waals surface area contributed by atoms with Gasteiger partial charge in [-0.15, -0.1) is 5.10 Å². The van der Waals surface area contributed by atoms with Gasteiger partial charge in [-0.3, -0.25) is 4.57 Å². The number of aliphatic hydroxyl groups excluding tert-OH is 3. The monoisotopic (exact) mass is 464 g/mol. The normalized spacial score (nSPS) is 25.3. The maximum absolute atomic E-state index is 10.6. The number of rotatable bonds is 4. The van der Waals surface area contributed by atoms with Crippen molar-refractivity contribution in [3.63, 3.8) is 0 Å². The standard InChI is InChI=1S/C22H24N8O4/c31-15-11-34-21(18(33)17(15)32)29-12-23-16-19(28-8-4-5-9-28)24-22(25-20(16)29)30-10-14(26-27-30)13-6-2-1-3-7-13/h1-3,6-7,10,12,15,17-18,21,31-33H,4-5,8-9,11H2/t15-,17-,18+,21+/m1/s1. The van der Waals surface area contributed by atoms with E-state index < -0.39 is 24.5 Å². The average molecular weight is 464 g/mol. The number of anilines is 1. The largest absolute Gasteiger partial charge is 0.388 e. The lowest BCUT2D eigenvalue weighted by molar-refractivity contribution is -0.210. The van der Waals surface area contributed by atoms with Gasteiger partial charge in [0.05, 0.1) is 19.1 Å². The summed E-state index contributed by atoms with van der Waals surface area (Å²) in [5, 5.41) is 39.1. The third-order valence-corrected chi connectivity index (χ3v) is 6.31. The lowest BCUT2D eigenvalue weighted by Crippen LogP contribution is -2.50. The van der Waals surface area contributed by atoms with Crippen LogP contribution in [-0.2, 0) is 4.74 Å². The lowest BCUT2D eigenvalue weighted by atomic mass is 10.0. The summed E-state index contributed by atoms with van der Waals surface area (Å²) in [4.78, 5) is 16.1. The van der Waals surface area contributed by atoms with Crippen molar-refractivity contribution in [1.29, 1.82) is 0 Å². The van der Waals surface area contributed by atoms with E-state index in [1.165, 1.54) is 11.0 Å². The minimum atomic E-state index is -1.36. The molecule has 176 valence electrons. The number of aromatic nitrogens is 7. The fraction of sp³-hybridized carbons (Fsp3) is 0.409. The summed E-state index contributed by atoms with van der Waals surface area (Å²) in [7, 11) is 0. The Balaban J connectivity index is 1.46. The zero-order chi connectivity index (χ0) is 23.2. The summed E-state index contributed by atoms with van der Waals surface area (Å²) in [6, 6.07) is 9.70. The highest BCUT2D eigenvalue weighted by Crippen LogP contribution is 2.31. The molecule has 4 aromatic rings. The molecule has 2 aliphatic heterocycles. The van der Waals surface area contributed by atoms with Gasteiger partial charge in [-0.05, 0) is 12.8 Å². The molecule has 2 fully saturated rings. The lowest BCUT2D eigenvalue weighted by Gasteiger charge is -2.35. The molecule has 0 spiro atoms. The minimum absolute atomic E-state index is 0.122. The van der Waals surface area contributed by atoms with Gasteiger partial charge in [-0.25, -0.2) is 4.98 Å². The Morgan fingerprint density at radius 2 is 1.76 bits per heavy atom. The molecule has 2 saturated heterocycles. The van der Waals surface area contributed by atoms with Crippen LogP contribution >= 0.6 is 0 Å². The smallest absolute Gasteiger partial charge is 0.256 e. The average Bonchev–Trinajstić information content (AvgIpc) is 3.64. The van der Waals surface area contributed by atoms with Gasteiger partial charge < -0.3 is 25.0 Å². The number of fused-ring (bicyclic) bond motifs is 1. The van der Waals surface area contributed by atoms with Crippen LogP contribution in [0.3, 0.4) is 0 Å². The van der Waals surface area contributed by atoms with Gasteiger partial charge >= 0.3 is 0 Å². The Kier molecular flexibility index (Phi) is 5.21. The van der Waals surface area contributed by atoms with Crippen LogP contribution in [0.5, 0.6) is 0 Å². The van der Waals surface area contributed by atoms with Crippen molar-refractivity contribution in [3.8, 4) is 17.2 Å². The summed E-state index contributed by atoms with van der Waals surface area (Å²) in [5.41, 5.74) is 2.59. The van der Waals surface area contributed by atoms with Crippen LogP contribution in [0.1, 0.15) is 19.1 Å². The molecule has 0 saturated carbocycles. The highest BCUT2D eigenvalue weighted by molar-refractivity contribution is 5.84. The second-order valence-electron chi connectivity index (χ2n) is 8.55. The summed E-state index contributed by atoms with van der Waals surface area (Å²) in [6.07, 6.45) is 0.542. The van der Waals surface area contributed by atoms with Crippen molar-refractivity contribution < 1.29 is 20.1 Å².